The Morgan fingerprint density at radius 2 is 2.28 bits per heavy atom. The molecule has 0 saturated heterocycles. The first-order valence-corrected chi connectivity index (χ1v) is 5.42. The van der Waals surface area contributed by atoms with E-state index >= 15 is 0 Å². The van der Waals surface area contributed by atoms with Crippen LogP contribution in [0.1, 0.15) is 5.56 Å². The molecule has 6 nitrogen and oxygen atoms in total. The smallest absolute Gasteiger partial charge is 0.230 e. The second-order valence-corrected chi connectivity index (χ2v) is 3.83. The average molecular weight is 248 g/mol. The molecule has 18 heavy (non-hydrogen) atoms. The molecule has 94 valence electrons. The maximum Gasteiger partial charge on any atom is 0.230 e. The number of anilines is 1. The number of aromatic nitrogens is 1. The number of hydrogen-bond donors (Lipinski definition) is 1. The summed E-state index contributed by atoms with van der Waals surface area (Å²) in [6, 6.07) is 3.68. The molecule has 0 atom stereocenters. The van der Waals surface area contributed by atoms with Gasteiger partial charge < -0.3 is 24.5 Å². The zero-order chi connectivity index (χ0) is 12.5. The number of nitrogen functional groups attached to an aromatic ring is 1. The van der Waals surface area contributed by atoms with Gasteiger partial charge in [-0.15, -0.1) is 0 Å². The van der Waals surface area contributed by atoms with Crippen molar-refractivity contribution in [3.63, 3.8) is 0 Å². The Labute approximate surface area is 103 Å². The molecular weight excluding hydrogens is 236 g/mol. The van der Waals surface area contributed by atoms with Crippen molar-refractivity contribution >= 4 is 5.88 Å². The number of fused-ring (bicyclic) bond motifs is 1. The lowest BCUT2D eigenvalue weighted by Gasteiger charge is -2.21. The van der Waals surface area contributed by atoms with E-state index in [0.29, 0.717) is 17.9 Å². The van der Waals surface area contributed by atoms with Gasteiger partial charge in [-0.3, -0.25) is 0 Å². The van der Waals surface area contributed by atoms with E-state index < -0.39 is 0 Å². The monoisotopic (exact) mass is 248 g/mol. The maximum absolute atomic E-state index is 5.76. The average Bonchev–Trinajstić information content (AvgIpc) is 2.83. The fourth-order valence-electron chi connectivity index (χ4n) is 2.04. The molecule has 2 heterocycles. The van der Waals surface area contributed by atoms with Crippen LogP contribution in [0.3, 0.4) is 0 Å². The van der Waals surface area contributed by atoms with Crippen LogP contribution < -0.4 is 15.2 Å². The topological polar surface area (TPSA) is 79.7 Å². The van der Waals surface area contributed by atoms with Gasteiger partial charge >= 0.3 is 0 Å². The van der Waals surface area contributed by atoms with Gasteiger partial charge in [0, 0.05) is 11.1 Å². The Balaban J connectivity index is 2.25. The Bertz CT molecular complexity index is 579. The highest BCUT2D eigenvalue weighted by Gasteiger charge is 2.23. The van der Waals surface area contributed by atoms with E-state index in [1.807, 2.05) is 12.1 Å². The van der Waals surface area contributed by atoms with Gasteiger partial charge in [0.05, 0.1) is 25.5 Å². The van der Waals surface area contributed by atoms with Gasteiger partial charge in [0.1, 0.15) is 11.5 Å². The van der Waals surface area contributed by atoms with Crippen LogP contribution in [0.5, 0.6) is 11.5 Å². The number of rotatable bonds is 2. The summed E-state index contributed by atoms with van der Waals surface area (Å²) in [4.78, 5) is 0. The van der Waals surface area contributed by atoms with E-state index in [1.54, 1.807) is 13.3 Å². The highest BCUT2D eigenvalue weighted by atomic mass is 16.7. The normalized spacial score (nSPS) is 13.8. The Hall–Kier alpha value is -2.21. The first kappa shape index (κ1) is 10.9. The molecule has 3 rings (SSSR count). The van der Waals surface area contributed by atoms with E-state index in [2.05, 4.69) is 5.16 Å². The summed E-state index contributed by atoms with van der Waals surface area (Å²) in [6.45, 7) is 0.685. The van der Waals surface area contributed by atoms with Crippen molar-refractivity contribution in [3.05, 3.63) is 23.9 Å². The van der Waals surface area contributed by atoms with E-state index in [4.69, 9.17) is 24.5 Å². The second kappa shape index (κ2) is 4.23. The van der Waals surface area contributed by atoms with Crippen LogP contribution in [-0.4, -0.2) is 19.1 Å². The van der Waals surface area contributed by atoms with Gasteiger partial charge in [-0.05, 0) is 12.1 Å². The zero-order valence-corrected chi connectivity index (χ0v) is 9.80. The zero-order valence-electron chi connectivity index (χ0n) is 9.80. The molecule has 0 spiro atoms. The van der Waals surface area contributed by atoms with Gasteiger partial charge in [0.25, 0.3) is 0 Å². The Morgan fingerprint density at radius 1 is 1.39 bits per heavy atom. The number of nitrogens with two attached hydrogens (primary N) is 1. The number of nitrogens with zero attached hydrogens (tertiary/aromatic N) is 1. The molecule has 2 aromatic rings. The lowest BCUT2D eigenvalue weighted by atomic mass is 9.99. The summed E-state index contributed by atoms with van der Waals surface area (Å²) < 4.78 is 21.0. The SMILES string of the molecule is COc1ccc2c(c1-c1cnoc1N)COCO2. The van der Waals surface area contributed by atoms with Crippen molar-refractivity contribution < 1.29 is 18.7 Å². The van der Waals surface area contributed by atoms with Gasteiger partial charge in [-0.25, -0.2) is 0 Å². The van der Waals surface area contributed by atoms with Gasteiger partial charge in [-0.2, -0.15) is 0 Å². The van der Waals surface area contributed by atoms with Crippen LogP contribution in [0.2, 0.25) is 0 Å². The quantitative estimate of drug-likeness (QED) is 0.872. The minimum Gasteiger partial charge on any atom is -0.496 e. The van der Waals surface area contributed by atoms with Crippen LogP contribution in [-0.2, 0) is 11.3 Å². The summed E-state index contributed by atoms with van der Waals surface area (Å²) in [6.07, 6.45) is 1.56. The summed E-state index contributed by atoms with van der Waals surface area (Å²) >= 11 is 0. The van der Waals surface area contributed by atoms with Crippen LogP contribution >= 0.6 is 0 Å². The lowest BCUT2D eigenvalue weighted by molar-refractivity contribution is -0.0161. The number of ether oxygens (including phenoxy) is 3. The third-order valence-corrected chi connectivity index (χ3v) is 2.86. The fraction of sp³-hybridized carbons (Fsp3) is 0.250. The molecule has 2 N–H and O–H groups in total. The summed E-state index contributed by atoms with van der Waals surface area (Å²) in [7, 11) is 1.60. The molecule has 1 aliphatic rings. The summed E-state index contributed by atoms with van der Waals surface area (Å²) in [5, 5.41) is 3.69. The highest BCUT2D eigenvalue weighted by Crippen LogP contribution is 2.42. The largest absolute Gasteiger partial charge is 0.496 e. The van der Waals surface area contributed by atoms with Crippen molar-refractivity contribution in [1.82, 2.24) is 5.16 Å². The minimum absolute atomic E-state index is 0.243. The molecule has 0 amide bonds. The summed E-state index contributed by atoms with van der Waals surface area (Å²) in [5.41, 5.74) is 8.13. The van der Waals surface area contributed by atoms with Crippen molar-refractivity contribution in [2.24, 2.45) is 0 Å². The molecule has 0 saturated carbocycles. The van der Waals surface area contributed by atoms with E-state index in [0.717, 1.165) is 16.9 Å². The van der Waals surface area contributed by atoms with Crippen LogP contribution in [0, 0.1) is 0 Å². The predicted octanol–water partition coefficient (Wildman–Crippen LogP) is 1.80. The van der Waals surface area contributed by atoms with Crippen molar-refractivity contribution in [2.75, 3.05) is 19.6 Å². The third-order valence-electron chi connectivity index (χ3n) is 2.86. The van der Waals surface area contributed by atoms with Crippen LogP contribution in [0.4, 0.5) is 5.88 Å². The maximum atomic E-state index is 5.76. The summed E-state index contributed by atoms with van der Waals surface area (Å²) in [5.74, 6) is 1.68. The molecule has 0 bridgehead atoms. The molecule has 0 aliphatic carbocycles. The Morgan fingerprint density at radius 3 is 3.00 bits per heavy atom. The van der Waals surface area contributed by atoms with Crippen molar-refractivity contribution in [1.29, 1.82) is 0 Å². The number of methoxy groups -OCH3 is 1. The van der Waals surface area contributed by atoms with E-state index in [9.17, 15) is 0 Å². The molecule has 1 aromatic heterocycles. The molecule has 0 unspecified atom stereocenters. The van der Waals surface area contributed by atoms with Gasteiger partial charge in [0.2, 0.25) is 5.88 Å². The van der Waals surface area contributed by atoms with Crippen molar-refractivity contribution in [2.45, 2.75) is 6.61 Å². The first-order valence-electron chi connectivity index (χ1n) is 5.42. The molecular formula is C12H12N2O4. The van der Waals surface area contributed by atoms with Gasteiger partial charge in [0.15, 0.2) is 6.79 Å². The predicted molar refractivity (Wildman–Crippen MR) is 63.2 cm³/mol. The highest BCUT2D eigenvalue weighted by molar-refractivity contribution is 5.81. The van der Waals surface area contributed by atoms with Crippen molar-refractivity contribution in [3.8, 4) is 22.6 Å². The number of hydrogen-bond acceptors (Lipinski definition) is 6. The van der Waals surface area contributed by atoms with E-state index in [1.165, 1.54) is 0 Å². The van der Waals surface area contributed by atoms with E-state index in [-0.39, 0.29) is 12.7 Å². The molecule has 6 heteroatoms. The second-order valence-electron chi connectivity index (χ2n) is 3.83. The molecule has 0 radical (unpaired) electrons. The molecule has 0 fully saturated rings. The third kappa shape index (κ3) is 1.58. The Kier molecular flexibility index (Phi) is 2.56. The standard InChI is InChI=1S/C12H12N2O4/c1-15-10-3-2-9-8(5-16-6-17-9)11(10)7-4-14-18-12(7)13/h2-4H,5-6,13H2,1H3. The molecule has 1 aliphatic heterocycles. The first-order chi connectivity index (χ1) is 8.81. The van der Waals surface area contributed by atoms with Crippen LogP contribution in [0.25, 0.3) is 11.1 Å². The fourth-order valence-corrected chi connectivity index (χ4v) is 2.04. The minimum atomic E-state index is 0.243. The lowest BCUT2D eigenvalue weighted by Crippen LogP contribution is -2.12. The number of benzene rings is 1. The molecule has 1 aromatic carbocycles. The van der Waals surface area contributed by atoms with Crippen LogP contribution in [0.15, 0.2) is 22.9 Å². The van der Waals surface area contributed by atoms with Gasteiger partial charge in [-0.1, -0.05) is 5.16 Å².